The van der Waals surface area contributed by atoms with Gasteiger partial charge < -0.3 is 10.6 Å². The summed E-state index contributed by atoms with van der Waals surface area (Å²) in [6.07, 6.45) is 10.6. The highest BCUT2D eigenvalue weighted by molar-refractivity contribution is 7.64. The van der Waals surface area contributed by atoms with Crippen LogP contribution < -0.4 is 15.9 Å². The van der Waals surface area contributed by atoms with Crippen molar-refractivity contribution in [3.8, 4) is 0 Å². The van der Waals surface area contributed by atoms with Crippen molar-refractivity contribution in [1.29, 1.82) is 0 Å². The molecule has 2 aromatic carbocycles. The van der Waals surface area contributed by atoms with Gasteiger partial charge in [-0.05, 0) is 112 Å². The quantitative estimate of drug-likeness (QED) is 0.266. The van der Waals surface area contributed by atoms with Gasteiger partial charge in [-0.25, -0.2) is 9.37 Å². The molecule has 1 saturated carbocycles. The normalized spacial score (nSPS) is 20.6. The Labute approximate surface area is 225 Å². The molecule has 2 fully saturated rings. The molecule has 194 valence electrons. The van der Waals surface area contributed by atoms with Crippen LogP contribution in [0.4, 0.5) is 27.5 Å². The van der Waals surface area contributed by atoms with Crippen molar-refractivity contribution in [1.82, 2.24) is 14.9 Å². The zero-order chi connectivity index (χ0) is 25.6. The van der Waals surface area contributed by atoms with Crippen molar-refractivity contribution in [3.63, 3.8) is 0 Å². The number of hydrogen-bond donors (Lipinski definition) is 2. The molecule has 1 atom stereocenters. The van der Waals surface area contributed by atoms with Gasteiger partial charge in [0.05, 0.1) is 6.20 Å². The maximum atomic E-state index is 13.8. The fourth-order valence-corrected chi connectivity index (χ4v) is 7.08. The van der Waals surface area contributed by atoms with Gasteiger partial charge in [-0.2, -0.15) is 4.98 Å². The number of nitrogens with zero attached hydrogens (tertiary/aromatic N) is 3. The van der Waals surface area contributed by atoms with Crippen molar-refractivity contribution in [3.05, 3.63) is 64.6 Å². The average molecular weight is 538 g/mol. The van der Waals surface area contributed by atoms with Gasteiger partial charge in [-0.3, -0.25) is 4.90 Å². The monoisotopic (exact) mass is 537 g/mol. The molecule has 2 heterocycles. The molecule has 6 rings (SSSR count). The first-order chi connectivity index (χ1) is 17.9. The Bertz CT molecular complexity index is 1310. The number of benzene rings is 2. The molecule has 1 aliphatic heterocycles. The Kier molecular flexibility index (Phi) is 6.85. The van der Waals surface area contributed by atoms with Gasteiger partial charge in [0.25, 0.3) is 0 Å². The Morgan fingerprint density at radius 3 is 2.59 bits per heavy atom. The van der Waals surface area contributed by atoms with Crippen LogP contribution in [-0.2, 0) is 12.8 Å². The Balaban J connectivity index is 1.16. The summed E-state index contributed by atoms with van der Waals surface area (Å²) in [5.41, 5.74) is 5.38. The molecule has 3 aromatic rings. The highest BCUT2D eigenvalue weighted by Crippen LogP contribution is 2.53. The van der Waals surface area contributed by atoms with Crippen molar-refractivity contribution in [2.75, 3.05) is 37.1 Å². The Morgan fingerprint density at radius 1 is 1.03 bits per heavy atom. The number of hydrogen-bond acceptors (Lipinski definition) is 5. The van der Waals surface area contributed by atoms with Crippen LogP contribution in [-0.4, -0.2) is 47.3 Å². The maximum Gasteiger partial charge on any atom is 0.229 e. The highest BCUT2D eigenvalue weighted by atomic mass is 35.5. The van der Waals surface area contributed by atoms with Crippen molar-refractivity contribution < 1.29 is 4.39 Å². The van der Waals surface area contributed by atoms with E-state index >= 15 is 0 Å². The lowest BCUT2D eigenvalue weighted by molar-refractivity contribution is 0.212. The molecule has 1 aromatic heterocycles. The SMILES string of the molecule is CP(C)c1cc(F)ccc1Nc1nc(Nc2ccc3c(c2)CCC(N2CCC4(CC4)C2)CC3)ncc1Cl. The van der Waals surface area contributed by atoms with E-state index in [2.05, 4.69) is 57.0 Å². The molecule has 0 amide bonds. The fourth-order valence-electron chi connectivity index (χ4n) is 5.95. The minimum Gasteiger partial charge on any atom is -0.338 e. The summed E-state index contributed by atoms with van der Waals surface area (Å²) in [6.45, 7) is 6.80. The molecular weight excluding hydrogens is 504 g/mol. The predicted octanol–water partition coefficient (Wildman–Crippen LogP) is 6.86. The molecule has 2 aliphatic carbocycles. The molecule has 2 N–H and O–H groups in total. The van der Waals surface area contributed by atoms with Crippen LogP contribution >= 0.6 is 19.5 Å². The lowest BCUT2D eigenvalue weighted by atomic mass is 10.0. The molecule has 37 heavy (non-hydrogen) atoms. The second-order valence-corrected chi connectivity index (χ2v) is 13.8. The number of nitrogens with one attached hydrogen (secondary N) is 2. The molecule has 0 radical (unpaired) electrons. The predicted molar refractivity (Wildman–Crippen MR) is 153 cm³/mol. The van der Waals surface area contributed by atoms with E-state index in [4.69, 9.17) is 11.6 Å². The first-order valence-electron chi connectivity index (χ1n) is 13.3. The average Bonchev–Trinajstić information content (AvgIpc) is 3.57. The van der Waals surface area contributed by atoms with Crippen LogP contribution in [0.5, 0.6) is 0 Å². The van der Waals surface area contributed by atoms with E-state index in [9.17, 15) is 4.39 Å². The first kappa shape index (κ1) is 25.0. The number of fused-ring (bicyclic) bond motifs is 1. The standard InChI is InChI=1S/C29H34ClFN5P/c1-37(2)26-16-21(31)6-10-25(26)34-27-24(30)17-32-28(35-27)33-22-7-3-19-4-8-23(9-5-20(19)15-22)36-14-13-29(18-36)11-12-29/h3,6-7,10,15-17,23H,4-5,8-9,11-14,18H2,1-2H3,(H2,32,33,34,35). The van der Waals surface area contributed by atoms with Gasteiger partial charge in [0.2, 0.25) is 5.95 Å². The van der Waals surface area contributed by atoms with Crippen LogP contribution in [0.3, 0.4) is 0 Å². The third-order valence-electron chi connectivity index (χ3n) is 8.34. The smallest absolute Gasteiger partial charge is 0.229 e. The molecule has 0 bridgehead atoms. The molecule has 1 spiro atoms. The van der Waals surface area contributed by atoms with Gasteiger partial charge in [0, 0.05) is 29.3 Å². The zero-order valence-electron chi connectivity index (χ0n) is 21.5. The molecule has 1 unspecified atom stereocenters. The summed E-state index contributed by atoms with van der Waals surface area (Å²) in [5, 5.41) is 8.02. The second kappa shape index (κ2) is 10.1. The number of halogens is 2. The minimum atomic E-state index is -0.509. The largest absolute Gasteiger partial charge is 0.338 e. The van der Waals surface area contributed by atoms with Crippen LogP contribution in [0.25, 0.3) is 0 Å². The van der Waals surface area contributed by atoms with Crippen molar-refractivity contribution in [2.24, 2.45) is 5.41 Å². The second-order valence-electron chi connectivity index (χ2n) is 11.1. The third kappa shape index (κ3) is 5.48. The molecule has 8 heteroatoms. The summed E-state index contributed by atoms with van der Waals surface area (Å²) in [4.78, 5) is 11.8. The first-order valence-corrected chi connectivity index (χ1v) is 15.9. The summed E-state index contributed by atoms with van der Waals surface area (Å²) < 4.78 is 13.8. The van der Waals surface area contributed by atoms with E-state index in [1.54, 1.807) is 18.3 Å². The highest BCUT2D eigenvalue weighted by Gasteiger charge is 2.48. The Hall–Kier alpha value is -2.27. The lowest BCUT2D eigenvalue weighted by Gasteiger charge is -2.26. The molecule has 1 saturated heterocycles. The molecular formula is C29H34ClFN5P. The minimum absolute atomic E-state index is 0.241. The van der Waals surface area contributed by atoms with Gasteiger partial charge in [0.1, 0.15) is 10.8 Å². The zero-order valence-corrected chi connectivity index (χ0v) is 23.2. The van der Waals surface area contributed by atoms with E-state index in [-0.39, 0.29) is 5.82 Å². The third-order valence-corrected chi connectivity index (χ3v) is 9.95. The molecule has 3 aliphatic rings. The summed E-state index contributed by atoms with van der Waals surface area (Å²) in [7, 11) is -0.509. The van der Waals surface area contributed by atoms with Crippen LogP contribution in [0.2, 0.25) is 5.02 Å². The van der Waals surface area contributed by atoms with E-state index in [0.717, 1.165) is 29.5 Å². The van der Waals surface area contributed by atoms with Crippen LogP contribution in [0, 0.1) is 11.2 Å². The van der Waals surface area contributed by atoms with E-state index < -0.39 is 7.92 Å². The van der Waals surface area contributed by atoms with E-state index in [1.165, 1.54) is 62.4 Å². The number of anilines is 4. The lowest BCUT2D eigenvalue weighted by Crippen LogP contribution is -2.33. The van der Waals surface area contributed by atoms with Gasteiger partial charge in [-0.1, -0.05) is 25.6 Å². The number of likely N-dealkylation sites (tertiary alicyclic amines) is 1. The summed E-state index contributed by atoms with van der Waals surface area (Å²) >= 11 is 6.43. The van der Waals surface area contributed by atoms with Gasteiger partial charge in [0.15, 0.2) is 5.82 Å². The fraction of sp³-hybridized carbons (Fsp3) is 0.448. The number of rotatable bonds is 6. The van der Waals surface area contributed by atoms with E-state index in [1.807, 2.05) is 0 Å². The number of aryl methyl sites for hydroxylation is 2. The topological polar surface area (TPSA) is 53.1 Å². The molecule has 5 nitrogen and oxygen atoms in total. The van der Waals surface area contributed by atoms with Crippen LogP contribution in [0.1, 0.15) is 43.2 Å². The van der Waals surface area contributed by atoms with Gasteiger partial charge >= 0.3 is 0 Å². The van der Waals surface area contributed by atoms with Crippen LogP contribution in [0.15, 0.2) is 42.6 Å². The summed E-state index contributed by atoms with van der Waals surface area (Å²) in [5.74, 6) is 0.735. The van der Waals surface area contributed by atoms with Crippen molar-refractivity contribution in [2.45, 2.75) is 51.0 Å². The maximum absolute atomic E-state index is 13.8. The Morgan fingerprint density at radius 2 is 1.84 bits per heavy atom. The van der Waals surface area contributed by atoms with Gasteiger partial charge in [-0.15, -0.1) is 0 Å². The number of aromatic nitrogens is 2. The summed E-state index contributed by atoms with van der Waals surface area (Å²) in [6, 6.07) is 12.1. The van der Waals surface area contributed by atoms with E-state index in [0.29, 0.717) is 28.2 Å². The van der Waals surface area contributed by atoms with Crippen molar-refractivity contribution >= 4 is 48.0 Å².